The van der Waals surface area contributed by atoms with E-state index in [1.165, 1.54) is 12.1 Å². The molecule has 2 heterocycles. The normalized spacial score (nSPS) is 12.3. The molecule has 138 valence electrons. The number of anilines is 1. The Balaban J connectivity index is 1.89. The molecule has 2 N–H and O–H groups in total. The summed E-state index contributed by atoms with van der Waals surface area (Å²) in [6, 6.07) is 9.00. The number of aromatic nitrogens is 2. The van der Waals surface area contributed by atoms with Gasteiger partial charge in [0.15, 0.2) is 0 Å². The monoisotopic (exact) mass is 401 g/mol. The van der Waals surface area contributed by atoms with Crippen LogP contribution in [0.5, 0.6) is 0 Å². The van der Waals surface area contributed by atoms with Crippen LogP contribution < -0.4 is 4.72 Å². The first-order chi connectivity index (χ1) is 12.1. The van der Waals surface area contributed by atoms with E-state index >= 15 is 0 Å². The smallest absolute Gasteiger partial charge is 0.279 e. The minimum absolute atomic E-state index is 0.00929. The van der Waals surface area contributed by atoms with Crippen molar-refractivity contribution in [1.29, 1.82) is 0 Å². The number of halogens is 3. The van der Waals surface area contributed by atoms with Gasteiger partial charge in [0.25, 0.3) is 10.0 Å². The van der Waals surface area contributed by atoms with Crippen molar-refractivity contribution in [3.05, 3.63) is 53.2 Å². The fourth-order valence-electron chi connectivity index (χ4n) is 2.24. The van der Waals surface area contributed by atoms with Gasteiger partial charge in [0.1, 0.15) is 15.6 Å². The van der Waals surface area contributed by atoms with Gasteiger partial charge in [-0.2, -0.15) is 18.3 Å². The quantitative estimate of drug-likeness (QED) is 0.672. The van der Waals surface area contributed by atoms with Crippen LogP contribution in [0.1, 0.15) is 16.8 Å². The highest BCUT2D eigenvalue weighted by molar-refractivity contribution is 7.94. The Hall–Kier alpha value is -2.33. The van der Waals surface area contributed by atoms with E-state index in [9.17, 15) is 21.6 Å². The molecule has 0 unspecified atom stereocenters. The first kappa shape index (κ1) is 18.5. The second-order valence-corrected chi connectivity index (χ2v) is 8.70. The number of H-pyrrole nitrogens is 1. The maximum atomic E-state index is 12.7. The highest BCUT2D eigenvalue weighted by Crippen LogP contribution is 2.34. The molecule has 0 amide bonds. The number of benzene rings is 1. The van der Waals surface area contributed by atoms with Crippen LogP contribution in [-0.4, -0.2) is 18.6 Å². The van der Waals surface area contributed by atoms with Gasteiger partial charge in [0.05, 0.1) is 10.6 Å². The zero-order valence-corrected chi connectivity index (χ0v) is 15.3. The molecule has 0 aliphatic heterocycles. The zero-order chi connectivity index (χ0) is 19.1. The lowest BCUT2D eigenvalue weighted by atomic mass is 10.1. The third-order valence-corrected chi connectivity index (χ3v) is 6.58. The van der Waals surface area contributed by atoms with Gasteiger partial charge >= 0.3 is 6.18 Å². The number of aryl methyl sites for hydroxylation is 2. The number of nitrogens with zero attached hydrogens (tertiary/aromatic N) is 1. The average Bonchev–Trinajstić information content (AvgIpc) is 3.18. The Kier molecular flexibility index (Phi) is 4.57. The summed E-state index contributed by atoms with van der Waals surface area (Å²) in [7, 11) is -3.85. The lowest BCUT2D eigenvalue weighted by Crippen LogP contribution is -2.12. The second kappa shape index (κ2) is 6.44. The van der Waals surface area contributed by atoms with Crippen LogP contribution in [0.25, 0.3) is 10.6 Å². The Morgan fingerprint density at radius 1 is 1.12 bits per heavy atom. The van der Waals surface area contributed by atoms with Crippen molar-refractivity contribution in [3.8, 4) is 10.6 Å². The minimum atomic E-state index is -4.54. The van der Waals surface area contributed by atoms with Gasteiger partial charge in [0, 0.05) is 0 Å². The molecule has 2 aromatic heterocycles. The number of alkyl halides is 3. The van der Waals surface area contributed by atoms with Crippen LogP contribution in [0, 0.1) is 13.8 Å². The van der Waals surface area contributed by atoms with Crippen LogP contribution in [0.3, 0.4) is 0 Å². The van der Waals surface area contributed by atoms with Crippen molar-refractivity contribution in [3.63, 3.8) is 0 Å². The van der Waals surface area contributed by atoms with Gasteiger partial charge in [-0.15, -0.1) is 11.3 Å². The van der Waals surface area contributed by atoms with E-state index in [1.54, 1.807) is 19.1 Å². The summed E-state index contributed by atoms with van der Waals surface area (Å²) in [5.74, 6) is 0. The van der Waals surface area contributed by atoms with E-state index < -0.39 is 21.9 Å². The van der Waals surface area contributed by atoms with Crippen LogP contribution in [-0.2, 0) is 16.2 Å². The molecule has 3 rings (SSSR count). The summed E-state index contributed by atoms with van der Waals surface area (Å²) in [5, 5.41) is 5.52. The molecule has 0 bridgehead atoms. The maximum Gasteiger partial charge on any atom is 0.432 e. The van der Waals surface area contributed by atoms with E-state index in [0.717, 1.165) is 28.5 Å². The molecule has 0 atom stereocenters. The fraction of sp³-hybridized carbons (Fsp3) is 0.188. The Bertz CT molecular complexity index is 1050. The van der Waals surface area contributed by atoms with E-state index in [1.807, 2.05) is 18.1 Å². The summed E-state index contributed by atoms with van der Waals surface area (Å²) in [5.41, 5.74) is 1.17. The number of nitrogens with one attached hydrogen (secondary N) is 2. The van der Waals surface area contributed by atoms with E-state index in [2.05, 4.69) is 9.82 Å². The Labute approximate surface area is 151 Å². The summed E-state index contributed by atoms with van der Waals surface area (Å²) in [6.07, 6.45) is -4.54. The van der Waals surface area contributed by atoms with Gasteiger partial charge in [-0.3, -0.25) is 9.82 Å². The van der Waals surface area contributed by atoms with Crippen molar-refractivity contribution in [2.45, 2.75) is 24.2 Å². The molecule has 5 nitrogen and oxygen atoms in total. The molecule has 0 radical (unpaired) electrons. The molecule has 0 aliphatic carbocycles. The summed E-state index contributed by atoms with van der Waals surface area (Å²) in [6.45, 7) is 3.62. The van der Waals surface area contributed by atoms with E-state index in [0.29, 0.717) is 10.6 Å². The maximum absolute atomic E-state index is 12.7. The van der Waals surface area contributed by atoms with Crippen LogP contribution in [0.15, 0.2) is 40.6 Å². The number of aromatic amines is 1. The van der Waals surface area contributed by atoms with E-state index in [4.69, 9.17) is 0 Å². The van der Waals surface area contributed by atoms with Crippen LogP contribution >= 0.6 is 11.3 Å². The number of thiophene rings is 1. The summed E-state index contributed by atoms with van der Waals surface area (Å²) >= 11 is 0.846. The van der Waals surface area contributed by atoms with Crippen molar-refractivity contribution in [2.75, 3.05) is 4.72 Å². The average molecular weight is 401 g/mol. The molecular formula is C16H14F3N3O2S2. The van der Waals surface area contributed by atoms with Gasteiger partial charge in [0.2, 0.25) is 0 Å². The zero-order valence-electron chi connectivity index (χ0n) is 13.7. The first-order valence-corrected chi connectivity index (χ1v) is 9.69. The fourth-order valence-corrected chi connectivity index (χ4v) is 4.62. The van der Waals surface area contributed by atoms with Crippen molar-refractivity contribution in [1.82, 2.24) is 10.2 Å². The Morgan fingerprint density at radius 3 is 2.50 bits per heavy atom. The number of rotatable bonds is 4. The molecule has 10 heteroatoms. The van der Waals surface area contributed by atoms with Crippen LogP contribution in [0.4, 0.5) is 18.9 Å². The third kappa shape index (κ3) is 3.75. The number of sulfonamides is 1. The van der Waals surface area contributed by atoms with Gasteiger partial charge in [-0.05, 0) is 49.2 Å². The van der Waals surface area contributed by atoms with Gasteiger partial charge in [-0.25, -0.2) is 8.42 Å². The van der Waals surface area contributed by atoms with Crippen molar-refractivity contribution >= 4 is 27.0 Å². The molecule has 0 fully saturated rings. The lowest BCUT2D eigenvalue weighted by molar-refractivity contribution is -0.141. The molecule has 0 saturated carbocycles. The number of hydrogen-bond acceptors (Lipinski definition) is 4. The Morgan fingerprint density at radius 2 is 1.85 bits per heavy atom. The van der Waals surface area contributed by atoms with Crippen molar-refractivity contribution < 1.29 is 21.6 Å². The lowest BCUT2D eigenvalue weighted by Gasteiger charge is -2.10. The predicted octanol–water partition coefficient (Wildman–Crippen LogP) is 4.57. The topological polar surface area (TPSA) is 74.8 Å². The van der Waals surface area contributed by atoms with Gasteiger partial charge < -0.3 is 0 Å². The first-order valence-electron chi connectivity index (χ1n) is 7.39. The molecule has 0 saturated heterocycles. The second-order valence-electron chi connectivity index (χ2n) is 5.71. The van der Waals surface area contributed by atoms with Crippen LogP contribution in [0.2, 0.25) is 0 Å². The van der Waals surface area contributed by atoms with E-state index in [-0.39, 0.29) is 9.90 Å². The highest BCUT2D eigenvalue weighted by Gasteiger charge is 2.33. The third-order valence-electron chi connectivity index (χ3n) is 3.62. The molecular weight excluding hydrogens is 387 g/mol. The SMILES string of the molecule is Cc1ccc(C)c(NS(=O)(=O)c2ccc(-c3cc(C(F)(F)F)[nH]n3)s2)c1. The predicted molar refractivity (Wildman–Crippen MR) is 93.6 cm³/mol. The highest BCUT2D eigenvalue weighted by atomic mass is 32.2. The summed E-state index contributed by atoms with van der Waals surface area (Å²) < 4.78 is 65.6. The van der Waals surface area contributed by atoms with Crippen molar-refractivity contribution in [2.24, 2.45) is 0 Å². The molecule has 0 spiro atoms. The minimum Gasteiger partial charge on any atom is -0.279 e. The molecule has 3 aromatic rings. The standard InChI is InChI=1S/C16H14F3N3O2S2/c1-9-3-4-10(2)11(7-9)22-26(23,24)15-6-5-13(25-15)12-8-14(21-20-12)16(17,18)19/h3-8,22H,1-2H3,(H,20,21). The molecule has 0 aliphatic rings. The van der Waals surface area contributed by atoms with Gasteiger partial charge in [-0.1, -0.05) is 12.1 Å². The number of hydrogen-bond donors (Lipinski definition) is 2. The largest absolute Gasteiger partial charge is 0.432 e. The summed E-state index contributed by atoms with van der Waals surface area (Å²) in [4.78, 5) is 0.318. The molecule has 1 aromatic carbocycles. The molecule has 26 heavy (non-hydrogen) atoms.